The number of para-hydroxylation sites is 1. The molecule has 0 saturated heterocycles. The highest BCUT2D eigenvalue weighted by Gasteiger charge is 2.42. The molecule has 1 aliphatic heterocycles. The van der Waals surface area contributed by atoms with Gasteiger partial charge in [0.1, 0.15) is 11.6 Å². The van der Waals surface area contributed by atoms with E-state index in [9.17, 15) is 19.5 Å². The third-order valence-electron chi connectivity index (χ3n) is 4.87. The zero-order chi connectivity index (χ0) is 22.1. The number of ether oxygens (including phenoxy) is 1. The fraction of sp³-hybridized carbons (Fsp3) is 0.348. The van der Waals surface area contributed by atoms with Gasteiger partial charge in [-0.15, -0.1) is 0 Å². The minimum Gasteiger partial charge on any atom is -0.479 e. The minimum absolute atomic E-state index is 0.0600. The maximum atomic E-state index is 13.4. The first-order valence-corrected chi connectivity index (χ1v) is 9.78. The number of carbonyl (C=O) groups is 3. The van der Waals surface area contributed by atoms with Gasteiger partial charge in [-0.3, -0.25) is 9.69 Å². The van der Waals surface area contributed by atoms with E-state index in [0.29, 0.717) is 16.8 Å². The Morgan fingerprint density at radius 3 is 2.27 bits per heavy atom. The Morgan fingerprint density at radius 1 is 1.07 bits per heavy atom. The predicted molar refractivity (Wildman–Crippen MR) is 112 cm³/mol. The molecule has 7 heteroatoms. The molecule has 1 N–H and O–H groups in total. The number of hydrogen-bond donors (Lipinski definition) is 1. The monoisotopic (exact) mass is 410 g/mol. The highest BCUT2D eigenvalue weighted by atomic mass is 16.6. The average Bonchev–Trinajstić information content (AvgIpc) is 2.77. The molecular formula is C23H26N2O5. The Hall–Kier alpha value is -3.35. The lowest BCUT2D eigenvalue weighted by molar-refractivity contribution is -0.151. The second kappa shape index (κ2) is 8.18. The Labute approximate surface area is 175 Å². The zero-order valence-corrected chi connectivity index (χ0v) is 17.5. The van der Waals surface area contributed by atoms with E-state index in [2.05, 4.69) is 0 Å². The van der Waals surface area contributed by atoms with Crippen LogP contribution < -0.4 is 4.90 Å². The summed E-state index contributed by atoms with van der Waals surface area (Å²) in [4.78, 5) is 41.2. The Bertz CT molecular complexity index is 952. The highest BCUT2D eigenvalue weighted by Crippen LogP contribution is 2.34. The number of nitrogens with zero attached hydrogens (tertiary/aromatic N) is 2. The van der Waals surface area contributed by atoms with Crippen LogP contribution in [0, 0.1) is 0 Å². The molecule has 1 aliphatic rings. The van der Waals surface area contributed by atoms with Gasteiger partial charge in [0.05, 0.1) is 5.69 Å². The van der Waals surface area contributed by atoms with Crippen LogP contribution in [0.4, 0.5) is 10.5 Å². The van der Waals surface area contributed by atoms with Gasteiger partial charge in [0.25, 0.3) is 0 Å². The number of carbonyl (C=O) groups excluding carboxylic acids is 2. The van der Waals surface area contributed by atoms with Crippen molar-refractivity contribution in [2.24, 2.45) is 0 Å². The summed E-state index contributed by atoms with van der Waals surface area (Å²) in [5.74, 6) is -1.60. The van der Waals surface area contributed by atoms with Crippen LogP contribution >= 0.6 is 0 Å². The molecule has 0 aromatic heterocycles. The van der Waals surface area contributed by atoms with Crippen molar-refractivity contribution in [3.05, 3.63) is 65.7 Å². The molecule has 0 radical (unpaired) electrons. The number of rotatable bonds is 3. The number of aliphatic carboxylic acids is 1. The largest absolute Gasteiger partial charge is 0.479 e. The molecule has 0 aliphatic carbocycles. The summed E-state index contributed by atoms with van der Waals surface area (Å²) in [5, 5.41) is 9.95. The van der Waals surface area contributed by atoms with Crippen molar-refractivity contribution in [1.82, 2.24) is 4.90 Å². The molecule has 2 aromatic rings. The van der Waals surface area contributed by atoms with Crippen LogP contribution in [0.1, 0.15) is 44.9 Å². The molecule has 0 bridgehead atoms. The van der Waals surface area contributed by atoms with E-state index in [4.69, 9.17) is 4.74 Å². The van der Waals surface area contributed by atoms with Gasteiger partial charge in [0, 0.05) is 6.54 Å². The SMILES string of the molecule is C[C@@H]1C(=O)N([C@@H](C(=O)O)c2ccccc2)Cc2ccccc2N1C(=O)OC(C)(C)C. The van der Waals surface area contributed by atoms with Crippen LogP contribution in [0.25, 0.3) is 0 Å². The molecule has 2 amide bonds. The second-order valence-corrected chi connectivity index (χ2v) is 8.27. The summed E-state index contributed by atoms with van der Waals surface area (Å²) in [5.41, 5.74) is 0.957. The lowest BCUT2D eigenvalue weighted by atomic mass is 10.0. The lowest BCUT2D eigenvalue weighted by Crippen LogP contribution is -2.50. The van der Waals surface area contributed by atoms with E-state index in [1.54, 1.807) is 82.3 Å². The van der Waals surface area contributed by atoms with Gasteiger partial charge in [0.15, 0.2) is 6.04 Å². The van der Waals surface area contributed by atoms with E-state index >= 15 is 0 Å². The van der Waals surface area contributed by atoms with Crippen LogP contribution in [0.3, 0.4) is 0 Å². The number of carboxylic acids is 1. The van der Waals surface area contributed by atoms with Crippen molar-refractivity contribution in [3.8, 4) is 0 Å². The summed E-state index contributed by atoms with van der Waals surface area (Å²) in [6, 6.07) is 13.6. The number of fused-ring (bicyclic) bond motifs is 1. The topological polar surface area (TPSA) is 87.2 Å². The van der Waals surface area contributed by atoms with Gasteiger partial charge in [-0.2, -0.15) is 0 Å². The Kier molecular flexibility index (Phi) is 5.82. The first-order chi connectivity index (χ1) is 14.1. The van der Waals surface area contributed by atoms with Crippen molar-refractivity contribution < 1.29 is 24.2 Å². The minimum atomic E-state index is -1.17. The molecule has 2 aromatic carbocycles. The van der Waals surface area contributed by atoms with E-state index in [1.807, 2.05) is 0 Å². The van der Waals surface area contributed by atoms with Gasteiger partial charge < -0.3 is 14.7 Å². The third-order valence-corrected chi connectivity index (χ3v) is 4.87. The van der Waals surface area contributed by atoms with Gasteiger partial charge in [-0.25, -0.2) is 9.59 Å². The van der Waals surface area contributed by atoms with Gasteiger partial charge in [-0.05, 0) is 44.9 Å². The van der Waals surface area contributed by atoms with Crippen LogP contribution in [-0.4, -0.2) is 39.6 Å². The highest BCUT2D eigenvalue weighted by molar-refractivity contribution is 6.00. The molecule has 0 fully saturated rings. The fourth-order valence-electron chi connectivity index (χ4n) is 3.58. The molecule has 0 spiro atoms. The number of anilines is 1. The summed E-state index contributed by atoms with van der Waals surface area (Å²) in [7, 11) is 0. The standard InChI is InChI=1S/C23H26N2O5/c1-15-20(26)24(19(21(27)28)16-10-6-5-7-11-16)14-17-12-8-9-13-18(17)25(15)22(29)30-23(2,3)4/h5-13,15,19H,14H2,1-4H3,(H,27,28)/t15-,19-/m1/s1. The molecule has 30 heavy (non-hydrogen) atoms. The van der Waals surface area contributed by atoms with Crippen molar-refractivity contribution in [1.29, 1.82) is 0 Å². The van der Waals surface area contributed by atoms with Gasteiger partial charge in [-0.1, -0.05) is 48.5 Å². The Balaban J connectivity index is 2.09. The number of amides is 2. The molecule has 0 unspecified atom stereocenters. The summed E-state index contributed by atoms with van der Waals surface area (Å²) < 4.78 is 5.54. The van der Waals surface area contributed by atoms with Crippen LogP contribution in [0.15, 0.2) is 54.6 Å². The quantitative estimate of drug-likeness (QED) is 0.827. The van der Waals surface area contributed by atoms with Crippen molar-refractivity contribution in [3.63, 3.8) is 0 Å². The predicted octanol–water partition coefficient (Wildman–Crippen LogP) is 3.98. The van der Waals surface area contributed by atoms with Crippen LogP contribution in [0.5, 0.6) is 0 Å². The van der Waals surface area contributed by atoms with E-state index in [-0.39, 0.29) is 6.54 Å². The fourth-order valence-corrected chi connectivity index (χ4v) is 3.58. The molecule has 7 nitrogen and oxygen atoms in total. The molecule has 2 atom stereocenters. The zero-order valence-electron chi connectivity index (χ0n) is 17.5. The average molecular weight is 410 g/mol. The van der Waals surface area contributed by atoms with E-state index in [1.165, 1.54) is 9.80 Å². The smallest absolute Gasteiger partial charge is 0.415 e. The summed E-state index contributed by atoms with van der Waals surface area (Å²) in [6.07, 6.45) is -0.649. The normalized spacial score (nSPS) is 17.7. The maximum absolute atomic E-state index is 13.4. The number of carboxylic acid groups (broad SMARTS) is 1. The molecule has 0 saturated carbocycles. The first kappa shape index (κ1) is 21.4. The van der Waals surface area contributed by atoms with E-state index < -0.39 is 35.7 Å². The van der Waals surface area contributed by atoms with E-state index in [0.717, 1.165) is 0 Å². The van der Waals surface area contributed by atoms with Crippen molar-refractivity contribution in [2.75, 3.05) is 4.90 Å². The number of benzene rings is 2. The third kappa shape index (κ3) is 4.30. The molecule has 158 valence electrons. The van der Waals surface area contributed by atoms with Gasteiger partial charge >= 0.3 is 12.1 Å². The first-order valence-electron chi connectivity index (χ1n) is 9.78. The van der Waals surface area contributed by atoms with Crippen LogP contribution in [-0.2, 0) is 20.9 Å². The van der Waals surface area contributed by atoms with Crippen LogP contribution in [0.2, 0.25) is 0 Å². The summed E-state index contributed by atoms with van der Waals surface area (Å²) in [6.45, 7) is 6.91. The van der Waals surface area contributed by atoms with Crippen molar-refractivity contribution >= 4 is 23.7 Å². The lowest BCUT2D eigenvalue weighted by Gasteiger charge is -2.32. The summed E-state index contributed by atoms with van der Waals surface area (Å²) >= 11 is 0. The molecule has 1 heterocycles. The van der Waals surface area contributed by atoms with Gasteiger partial charge in [0.2, 0.25) is 5.91 Å². The maximum Gasteiger partial charge on any atom is 0.415 e. The second-order valence-electron chi connectivity index (χ2n) is 8.27. The number of hydrogen-bond acceptors (Lipinski definition) is 4. The molecule has 3 rings (SSSR count). The Morgan fingerprint density at radius 2 is 1.67 bits per heavy atom. The molecular weight excluding hydrogens is 384 g/mol. The van der Waals surface area contributed by atoms with Crippen molar-refractivity contribution in [2.45, 2.75) is 51.9 Å².